The highest BCUT2D eigenvalue weighted by atomic mass is 32.1. The van der Waals surface area contributed by atoms with Gasteiger partial charge < -0.3 is 5.32 Å². The number of fused-ring (bicyclic) bond motifs is 1. The Hall–Kier alpha value is -1.83. The molecule has 1 aliphatic carbocycles. The van der Waals surface area contributed by atoms with E-state index in [1.165, 1.54) is 32.7 Å². The number of hydrogen-bond acceptors (Lipinski definition) is 3. The Bertz CT molecular complexity index is 712. The Morgan fingerprint density at radius 1 is 1.42 bits per heavy atom. The molecule has 1 amide bonds. The van der Waals surface area contributed by atoms with Crippen LogP contribution in [0.5, 0.6) is 0 Å². The lowest BCUT2D eigenvalue weighted by atomic mass is 9.99. The monoisotopic (exact) mass is 357 g/mol. The third kappa shape index (κ3) is 3.80. The van der Waals surface area contributed by atoms with Gasteiger partial charge in [-0.05, 0) is 50.3 Å². The third-order valence-corrected chi connectivity index (χ3v) is 5.23. The van der Waals surface area contributed by atoms with Crippen LogP contribution in [0.3, 0.4) is 0 Å². The van der Waals surface area contributed by atoms with Crippen LogP contribution in [0.25, 0.3) is 0 Å². The van der Waals surface area contributed by atoms with E-state index >= 15 is 0 Å². The molecule has 0 saturated carbocycles. The summed E-state index contributed by atoms with van der Waals surface area (Å²) in [6.07, 6.45) is 1.18. The molecule has 0 bridgehead atoms. The standard InChI is InChI=1S/C16H18F3N3OS/c1-10(9-22-7-6-14(21-22)16(17,18)19)20-15(23)13-8-11-4-2-3-5-12(11)24-13/h6-8,10H,2-5,9H2,1H3,(H,20,23)/t10-/m1/s1. The average Bonchev–Trinajstić information content (AvgIpc) is 3.12. The molecule has 3 rings (SSSR count). The van der Waals surface area contributed by atoms with Crippen molar-refractivity contribution < 1.29 is 18.0 Å². The van der Waals surface area contributed by atoms with Gasteiger partial charge in [-0.3, -0.25) is 9.48 Å². The van der Waals surface area contributed by atoms with Gasteiger partial charge in [0.15, 0.2) is 5.69 Å². The number of nitrogens with zero attached hydrogens (tertiary/aromatic N) is 2. The highest BCUT2D eigenvalue weighted by Crippen LogP contribution is 2.30. The Labute approximate surface area is 141 Å². The van der Waals surface area contributed by atoms with E-state index in [-0.39, 0.29) is 18.5 Å². The molecule has 1 atom stereocenters. The minimum atomic E-state index is -4.45. The molecule has 0 fully saturated rings. The summed E-state index contributed by atoms with van der Waals surface area (Å²) in [5, 5.41) is 6.33. The Balaban J connectivity index is 1.60. The zero-order valence-electron chi connectivity index (χ0n) is 13.2. The first kappa shape index (κ1) is 17.0. The quantitative estimate of drug-likeness (QED) is 0.908. The lowest BCUT2D eigenvalue weighted by Crippen LogP contribution is -2.35. The molecular weight excluding hydrogens is 339 g/mol. The molecule has 2 aromatic rings. The lowest BCUT2D eigenvalue weighted by molar-refractivity contribution is -0.141. The molecule has 2 heterocycles. The van der Waals surface area contributed by atoms with Gasteiger partial charge in [0.25, 0.3) is 5.91 Å². The molecule has 0 spiro atoms. The van der Waals surface area contributed by atoms with Crippen LogP contribution in [-0.2, 0) is 25.6 Å². The number of thiophene rings is 1. The van der Waals surface area contributed by atoms with Crippen molar-refractivity contribution in [2.24, 2.45) is 0 Å². The normalized spacial score (nSPS) is 15.8. The number of aryl methyl sites for hydroxylation is 2. The highest BCUT2D eigenvalue weighted by molar-refractivity contribution is 7.14. The molecule has 0 radical (unpaired) electrons. The Morgan fingerprint density at radius 2 is 2.17 bits per heavy atom. The second kappa shape index (κ2) is 6.58. The van der Waals surface area contributed by atoms with E-state index in [1.54, 1.807) is 6.92 Å². The van der Waals surface area contributed by atoms with Gasteiger partial charge in [-0.15, -0.1) is 11.3 Å². The molecule has 0 aliphatic heterocycles. The number of carbonyl (C=O) groups excluding carboxylic acids is 1. The van der Waals surface area contributed by atoms with Gasteiger partial charge in [-0.25, -0.2) is 0 Å². The third-order valence-electron chi connectivity index (χ3n) is 3.99. The fourth-order valence-corrected chi connectivity index (χ4v) is 4.00. The summed E-state index contributed by atoms with van der Waals surface area (Å²) in [6.45, 7) is 1.94. The summed E-state index contributed by atoms with van der Waals surface area (Å²) >= 11 is 1.52. The zero-order chi connectivity index (χ0) is 17.3. The van der Waals surface area contributed by atoms with Gasteiger partial charge in [0.1, 0.15) is 0 Å². The largest absolute Gasteiger partial charge is 0.435 e. The average molecular weight is 357 g/mol. The number of nitrogens with one attached hydrogen (secondary N) is 1. The van der Waals surface area contributed by atoms with E-state index in [9.17, 15) is 18.0 Å². The second-order valence-electron chi connectivity index (χ2n) is 6.06. The highest BCUT2D eigenvalue weighted by Gasteiger charge is 2.33. The van der Waals surface area contributed by atoms with Gasteiger partial charge in [0.2, 0.25) is 0 Å². The van der Waals surface area contributed by atoms with Crippen molar-refractivity contribution in [2.75, 3.05) is 0 Å². The second-order valence-corrected chi connectivity index (χ2v) is 7.20. The maximum atomic E-state index is 12.5. The van der Waals surface area contributed by atoms with E-state index in [4.69, 9.17) is 0 Å². The fraction of sp³-hybridized carbons (Fsp3) is 0.500. The van der Waals surface area contributed by atoms with Crippen LogP contribution in [0.4, 0.5) is 13.2 Å². The van der Waals surface area contributed by atoms with Crippen LogP contribution < -0.4 is 5.32 Å². The number of rotatable bonds is 4. The lowest BCUT2D eigenvalue weighted by Gasteiger charge is -2.13. The summed E-state index contributed by atoms with van der Waals surface area (Å²) in [5.41, 5.74) is 0.331. The first-order valence-electron chi connectivity index (χ1n) is 7.86. The summed E-state index contributed by atoms with van der Waals surface area (Å²) in [6, 6.07) is 2.55. The molecule has 0 aromatic carbocycles. The van der Waals surface area contributed by atoms with Gasteiger partial charge in [-0.2, -0.15) is 18.3 Å². The van der Waals surface area contributed by atoms with E-state index in [1.807, 2.05) is 6.07 Å². The summed E-state index contributed by atoms with van der Waals surface area (Å²) in [7, 11) is 0. The molecule has 0 saturated heterocycles. The smallest absolute Gasteiger partial charge is 0.347 e. The molecule has 130 valence electrons. The number of carbonyl (C=O) groups is 1. The van der Waals surface area contributed by atoms with Crippen molar-refractivity contribution in [3.05, 3.63) is 39.3 Å². The molecule has 1 aliphatic rings. The van der Waals surface area contributed by atoms with Crippen LogP contribution in [-0.4, -0.2) is 21.7 Å². The van der Waals surface area contributed by atoms with Gasteiger partial charge in [-0.1, -0.05) is 0 Å². The number of alkyl halides is 3. The molecule has 0 unspecified atom stereocenters. The van der Waals surface area contributed by atoms with Crippen LogP contribution >= 0.6 is 11.3 Å². The Kier molecular flexibility index (Phi) is 4.67. The molecule has 8 heteroatoms. The van der Waals surface area contributed by atoms with Gasteiger partial charge in [0.05, 0.1) is 11.4 Å². The van der Waals surface area contributed by atoms with Crippen molar-refractivity contribution in [3.8, 4) is 0 Å². The summed E-state index contributed by atoms with van der Waals surface area (Å²) in [4.78, 5) is 14.3. The van der Waals surface area contributed by atoms with Crippen LogP contribution in [0.15, 0.2) is 18.3 Å². The topological polar surface area (TPSA) is 46.9 Å². The molecule has 2 aromatic heterocycles. The maximum absolute atomic E-state index is 12.5. The number of aromatic nitrogens is 2. The SMILES string of the molecule is C[C@H](Cn1ccc(C(F)(F)F)n1)NC(=O)c1cc2c(s1)CCCC2. The van der Waals surface area contributed by atoms with Crippen LogP contribution in [0.1, 0.15) is 45.6 Å². The zero-order valence-corrected chi connectivity index (χ0v) is 14.0. The summed E-state index contributed by atoms with van der Waals surface area (Å²) in [5.74, 6) is -0.176. The molecule has 4 nitrogen and oxygen atoms in total. The first-order chi connectivity index (χ1) is 11.3. The van der Waals surface area contributed by atoms with E-state index in [0.717, 1.165) is 31.7 Å². The van der Waals surface area contributed by atoms with E-state index in [0.29, 0.717) is 4.88 Å². The fourth-order valence-electron chi connectivity index (χ4n) is 2.84. The predicted octanol–water partition coefficient (Wildman–Crippen LogP) is 3.66. The minimum Gasteiger partial charge on any atom is -0.347 e. The Morgan fingerprint density at radius 3 is 2.83 bits per heavy atom. The van der Waals surface area contributed by atoms with Crippen molar-refractivity contribution in [3.63, 3.8) is 0 Å². The number of amides is 1. The van der Waals surface area contributed by atoms with E-state index in [2.05, 4.69) is 10.4 Å². The minimum absolute atomic E-state index is 0.176. The molecular formula is C16H18F3N3OS. The maximum Gasteiger partial charge on any atom is 0.435 e. The van der Waals surface area contributed by atoms with Crippen molar-refractivity contribution in [2.45, 2.75) is 51.4 Å². The number of hydrogen-bond donors (Lipinski definition) is 1. The van der Waals surface area contributed by atoms with Crippen molar-refractivity contribution >= 4 is 17.2 Å². The van der Waals surface area contributed by atoms with Gasteiger partial charge in [0, 0.05) is 17.1 Å². The molecule has 1 N–H and O–H groups in total. The summed E-state index contributed by atoms with van der Waals surface area (Å²) < 4.78 is 38.8. The molecule has 24 heavy (non-hydrogen) atoms. The van der Waals surface area contributed by atoms with Crippen molar-refractivity contribution in [1.29, 1.82) is 0 Å². The van der Waals surface area contributed by atoms with Gasteiger partial charge >= 0.3 is 6.18 Å². The van der Waals surface area contributed by atoms with Crippen molar-refractivity contribution in [1.82, 2.24) is 15.1 Å². The van der Waals surface area contributed by atoms with E-state index < -0.39 is 11.9 Å². The number of halogens is 3. The van der Waals surface area contributed by atoms with Crippen LogP contribution in [0.2, 0.25) is 0 Å². The first-order valence-corrected chi connectivity index (χ1v) is 8.67. The predicted molar refractivity (Wildman–Crippen MR) is 85.1 cm³/mol. The van der Waals surface area contributed by atoms with Crippen LogP contribution in [0, 0.1) is 0 Å².